The molecule has 1 aromatic rings. The topological polar surface area (TPSA) is 36.0 Å². The lowest BCUT2D eigenvalue weighted by Gasteiger charge is -2.42. The van der Waals surface area contributed by atoms with E-state index in [1.165, 1.54) is 38.0 Å². The number of hydrogen-bond donors (Lipinski definition) is 0. The predicted octanol–water partition coefficient (Wildman–Crippen LogP) is 4.72. The largest absolute Gasteiger partial charge is 0.444 e. The Balaban J connectivity index is 0.00000132. The predicted molar refractivity (Wildman–Crippen MR) is 127 cm³/mol. The van der Waals surface area contributed by atoms with Gasteiger partial charge in [-0.1, -0.05) is 44.2 Å². The van der Waals surface area contributed by atoms with E-state index < -0.39 is 5.60 Å². The Hall–Kier alpha value is -1.59. The van der Waals surface area contributed by atoms with E-state index in [1.54, 1.807) is 0 Å². The number of fused-ring (bicyclic) bond motifs is 2. The molecule has 2 unspecified atom stereocenters. The lowest BCUT2D eigenvalue weighted by molar-refractivity contribution is 0.00873. The van der Waals surface area contributed by atoms with Crippen molar-refractivity contribution < 1.29 is 9.53 Å². The van der Waals surface area contributed by atoms with Gasteiger partial charge in [0.15, 0.2) is 0 Å². The van der Waals surface area contributed by atoms with E-state index in [-0.39, 0.29) is 6.09 Å². The Bertz CT molecular complexity index is 666. The second-order valence-corrected chi connectivity index (χ2v) is 10.2. The average molecular weight is 430 g/mol. The molecule has 2 saturated heterocycles. The number of carbonyl (C=O) groups is 1. The third-order valence-corrected chi connectivity index (χ3v) is 6.85. The molecule has 0 radical (unpaired) electrons. The van der Waals surface area contributed by atoms with Crippen LogP contribution in [0.1, 0.15) is 53.0 Å². The van der Waals surface area contributed by atoms with Crippen LogP contribution >= 0.6 is 0 Å². The zero-order valence-corrected chi connectivity index (χ0v) is 20.3. The molecule has 4 rings (SSSR count). The van der Waals surface area contributed by atoms with Gasteiger partial charge in [-0.2, -0.15) is 0 Å². The zero-order valence-electron chi connectivity index (χ0n) is 20.3. The molecule has 2 bridgehead atoms. The highest BCUT2D eigenvalue weighted by Crippen LogP contribution is 2.42. The van der Waals surface area contributed by atoms with Crippen LogP contribution in [0.2, 0.25) is 0 Å². The fourth-order valence-electron chi connectivity index (χ4n) is 5.44. The number of rotatable bonds is 4. The average Bonchev–Trinajstić information content (AvgIpc) is 2.97. The normalized spacial score (nSPS) is 26.9. The molecule has 2 atom stereocenters. The second-order valence-electron chi connectivity index (χ2n) is 10.2. The molecule has 31 heavy (non-hydrogen) atoms. The Morgan fingerprint density at radius 1 is 0.935 bits per heavy atom. The first-order chi connectivity index (χ1) is 14.9. The molecule has 2 heterocycles. The summed E-state index contributed by atoms with van der Waals surface area (Å²) in [6.45, 7) is 18.1. The molecule has 2 aliphatic heterocycles. The SMILES string of the molecule is CC.CC(C)(C)OC(=O)N1CCN(CC2C3CCC2CN(Cc2ccccc2)C3)CC1. The first-order valence-corrected chi connectivity index (χ1v) is 12.3. The Labute approximate surface area is 189 Å². The number of likely N-dealkylation sites (tertiary alicyclic amines) is 1. The minimum atomic E-state index is -0.416. The number of hydrogen-bond acceptors (Lipinski definition) is 4. The van der Waals surface area contributed by atoms with Crippen LogP contribution in [0, 0.1) is 17.8 Å². The summed E-state index contributed by atoms with van der Waals surface area (Å²) in [6.07, 6.45) is 2.61. The van der Waals surface area contributed by atoms with Gasteiger partial charge >= 0.3 is 6.09 Å². The van der Waals surface area contributed by atoms with Crippen molar-refractivity contribution in [3.05, 3.63) is 35.9 Å². The summed E-state index contributed by atoms with van der Waals surface area (Å²) in [4.78, 5) is 19.4. The first kappa shape index (κ1) is 24.1. The van der Waals surface area contributed by atoms with Gasteiger partial charge < -0.3 is 9.64 Å². The van der Waals surface area contributed by atoms with Crippen LogP contribution in [-0.4, -0.2) is 72.2 Å². The van der Waals surface area contributed by atoms with E-state index in [0.29, 0.717) is 0 Å². The van der Waals surface area contributed by atoms with Gasteiger partial charge in [0.05, 0.1) is 0 Å². The van der Waals surface area contributed by atoms with Crippen LogP contribution in [0.5, 0.6) is 0 Å². The highest BCUT2D eigenvalue weighted by Gasteiger charge is 2.42. The molecular formula is C26H43N3O2. The number of amides is 1. The standard InChI is InChI=1S/C24H37N3O2.C2H6/c1-24(2,3)29-23(28)27-13-11-25(12-14-27)18-22-20-9-10-21(22)17-26(16-20)15-19-7-5-4-6-8-19;1-2/h4-8,20-22H,9-18H2,1-3H3;1-2H3. The maximum Gasteiger partial charge on any atom is 0.410 e. The van der Waals surface area contributed by atoms with E-state index >= 15 is 0 Å². The van der Waals surface area contributed by atoms with Crippen LogP contribution in [0.25, 0.3) is 0 Å². The van der Waals surface area contributed by atoms with Gasteiger partial charge in [0.1, 0.15) is 5.60 Å². The molecule has 174 valence electrons. The Morgan fingerprint density at radius 3 is 2.06 bits per heavy atom. The lowest BCUT2D eigenvalue weighted by atomic mass is 9.84. The van der Waals surface area contributed by atoms with Crippen molar-refractivity contribution in [1.82, 2.24) is 14.7 Å². The lowest BCUT2D eigenvalue weighted by Crippen LogP contribution is -2.53. The van der Waals surface area contributed by atoms with Gasteiger partial charge in [0.2, 0.25) is 0 Å². The number of carbonyl (C=O) groups excluding carboxylic acids is 1. The molecule has 3 fully saturated rings. The third kappa shape index (κ3) is 6.69. The van der Waals surface area contributed by atoms with Crippen LogP contribution in [0.3, 0.4) is 0 Å². The number of piperidine rings is 1. The number of nitrogens with zero attached hydrogens (tertiary/aromatic N) is 3. The second kappa shape index (κ2) is 10.8. The van der Waals surface area contributed by atoms with Crippen molar-refractivity contribution >= 4 is 6.09 Å². The summed E-state index contributed by atoms with van der Waals surface area (Å²) in [7, 11) is 0. The number of benzene rings is 1. The van der Waals surface area contributed by atoms with Crippen LogP contribution in [0.15, 0.2) is 30.3 Å². The van der Waals surface area contributed by atoms with E-state index in [4.69, 9.17) is 4.74 Å². The number of piperazine rings is 1. The molecule has 5 heteroatoms. The van der Waals surface area contributed by atoms with E-state index in [0.717, 1.165) is 50.5 Å². The monoisotopic (exact) mass is 429 g/mol. The van der Waals surface area contributed by atoms with Crippen molar-refractivity contribution in [2.75, 3.05) is 45.8 Å². The van der Waals surface area contributed by atoms with Gasteiger partial charge in [0, 0.05) is 52.4 Å². The maximum absolute atomic E-state index is 12.3. The fourth-order valence-corrected chi connectivity index (χ4v) is 5.44. The van der Waals surface area contributed by atoms with Gasteiger partial charge in [-0.3, -0.25) is 9.80 Å². The minimum absolute atomic E-state index is 0.161. The van der Waals surface area contributed by atoms with Gasteiger partial charge in [-0.05, 0) is 56.9 Å². The summed E-state index contributed by atoms with van der Waals surface area (Å²) in [5, 5.41) is 0. The first-order valence-electron chi connectivity index (χ1n) is 12.3. The van der Waals surface area contributed by atoms with Crippen LogP contribution < -0.4 is 0 Å². The van der Waals surface area contributed by atoms with E-state index in [1.807, 2.05) is 39.5 Å². The molecular weight excluding hydrogens is 386 g/mol. The van der Waals surface area contributed by atoms with Crippen molar-refractivity contribution in [3.63, 3.8) is 0 Å². The van der Waals surface area contributed by atoms with Crippen molar-refractivity contribution in [3.8, 4) is 0 Å². The quantitative estimate of drug-likeness (QED) is 0.694. The van der Waals surface area contributed by atoms with Gasteiger partial charge in [-0.25, -0.2) is 4.79 Å². The maximum atomic E-state index is 12.3. The van der Waals surface area contributed by atoms with Crippen LogP contribution in [-0.2, 0) is 11.3 Å². The molecule has 1 aliphatic carbocycles. The molecule has 0 spiro atoms. The minimum Gasteiger partial charge on any atom is -0.444 e. The van der Waals surface area contributed by atoms with Gasteiger partial charge in [0.25, 0.3) is 0 Å². The van der Waals surface area contributed by atoms with E-state index in [9.17, 15) is 4.79 Å². The molecule has 1 aromatic carbocycles. The van der Waals surface area contributed by atoms with Crippen LogP contribution in [0.4, 0.5) is 4.79 Å². The highest BCUT2D eigenvalue weighted by molar-refractivity contribution is 5.68. The highest BCUT2D eigenvalue weighted by atomic mass is 16.6. The van der Waals surface area contributed by atoms with Crippen molar-refractivity contribution in [1.29, 1.82) is 0 Å². The van der Waals surface area contributed by atoms with Crippen molar-refractivity contribution in [2.45, 2.75) is 59.6 Å². The summed E-state index contributed by atoms with van der Waals surface area (Å²) < 4.78 is 5.53. The molecule has 0 N–H and O–H groups in total. The summed E-state index contributed by atoms with van der Waals surface area (Å²) in [5.41, 5.74) is 1.02. The summed E-state index contributed by atoms with van der Waals surface area (Å²) >= 11 is 0. The zero-order chi connectivity index (χ0) is 22.4. The number of ether oxygens (including phenoxy) is 1. The summed E-state index contributed by atoms with van der Waals surface area (Å²) in [5.74, 6) is 2.50. The summed E-state index contributed by atoms with van der Waals surface area (Å²) in [6, 6.07) is 10.9. The smallest absolute Gasteiger partial charge is 0.410 e. The molecule has 1 amide bonds. The molecule has 1 saturated carbocycles. The van der Waals surface area contributed by atoms with Crippen molar-refractivity contribution in [2.24, 2.45) is 17.8 Å². The third-order valence-electron chi connectivity index (χ3n) is 6.85. The van der Waals surface area contributed by atoms with Gasteiger partial charge in [-0.15, -0.1) is 0 Å². The molecule has 5 nitrogen and oxygen atoms in total. The molecule has 0 aromatic heterocycles. The Morgan fingerprint density at radius 2 is 1.52 bits per heavy atom. The van der Waals surface area contributed by atoms with E-state index in [2.05, 4.69) is 40.1 Å². The molecule has 3 aliphatic rings. The Kier molecular flexibility index (Phi) is 8.40. The fraction of sp³-hybridized carbons (Fsp3) is 0.731.